The lowest BCUT2D eigenvalue weighted by Crippen LogP contribution is -2.12. The molecule has 0 saturated carbocycles. The Morgan fingerprint density at radius 3 is 2.56 bits per heavy atom. The molecule has 0 bridgehead atoms. The van der Waals surface area contributed by atoms with Gasteiger partial charge in [0.1, 0.15) is 0 Å². The molecule has 0 atom stereocenters. The highest BCUT2D eigenvalue weighted by Gasteiger charge is 2.14. The van der Waals surface area contributed by atoms with Gasteiger partial charge in [0.25, 0.3) is 0 Å². The number of nitrogens with one attached hydrogen (secondary N) is 1. The SMILES string of the molecule is CC(C)c1ccc(-c2noc(CCC(=O)Nc3nc4ccc(S(C)(=O)=O)cc4s3)n2)cc1. The van der Waals surface area contributed by atoms with E-state index in [-0.39, 0.29) is 17.2 Å². The molecule has 0 unspecified atom stereocenters. The molecule has 1 N–H and O–H groups in total. The smallest absolute Gasteiger partial charge is 0.227 e. The lowest BCUT2D eigenvalue weighted by molar-refractivity contribution is -0.116. The summed E-state index contributed by atoms with van der Waals surface area (Å²) in [5, 5.41) is 7.16. The summed E-state index contributed by atoms with van der Waals surface area (Å²) in [5.41, 5.74) is 2.72. The Hall–Kier alpha value is -3.11. The Morgan fingerprint density at radius 2 is 1.88 bits per heavy atom. The second-order valence-electron chi connectivity index (χ2n) is 7.76. The first-order valence-corrected chi connectivity index (χ1v) is 12.7. The fraction of sp³-hybridized carbons (Fsp3) is 0.273. The van der Waals surface area contributed by atoms with Gasteiger partial charge in [-0.2, -0.15) is 4.98 Å². The Kier molecular flexibility index (Phi) is 6.07. The zero-order chi connectivity index (χ0) is 22.9. The number of thiazole rings is 1. The van der Waals surface area contributed by atoms with E-state index in [4.69, 9.17) is 4.52 Å². The topological polar surface area (TPSA) is 115 Å². The van der Waals surface area contributed by atoms with Gasteiger partial charge in [-0.25, -0.2) is 13.4 Å². The van der Waals surface area contributed by atoms with Crippen molar-refractivity contribution < 1.29 is 17.7 Å². The minimum absolute atomic E-state index is 0.151. The van der Waals surface area contributed by atoms with Gasteiger partial charge in [0.05, 0.1) is 15.1 Å². The van der Waals surface area contributed by atoms with E-state index in [0.717, 1.165) is 11.8 Å². The standard InChI is InChI=1S/C22H22N4O4S2/c1-13(2)14-4-6-15(7-5-14)21-25-20(30-26-21)11-10-19(27)24-22-23-17-9-8-16(32(3,28)29)12-18(17)31-22/h4-9,12-13H,10-11H2,1-3H3,(H,23,24,27). The van der Waals surface area contributed by atoms with E-state index in [1.807, 2.05) is 24.3 Å². The number of hydrogen-bond donors (Lipinski definition) is 1. The van der Waals surface area contributed by atoms with Crippen LogP contribution in [0.25, 0.3) is 21.6 Å². The third-order valence-electron chi connectivity index (χ3n) is 4.90. The number of carbonyl (C=O) groups excluding carboxylic acids is 1. The highest BCUT2D eigenvalue weighted by atomic mass is 32.2. The van der Waals surface area contributed by atoms with Crippen molar-refractivity contribution in [3.05, 3.63) is 53.9 Å². The summed E-state index contributed by atoms with van der Waals surface area (Å²) in [4.78, 5) is 21.3. The molecule has 2 aromatic heterocycles. The largest absolute Gasteiger partial charge is 0.339 e. The normalized spacial score (nSPS) is 11.9. The molecular weight excluding hydrogens is 448 g/mol. The van der Waals surface area contributed by atoms with Crippen molar-refractivity contribution in [2.75, 3.05) is 11.6 Å². The molecule has 2 aromatic carbocycles. The molecule has 0 spiro atoms. The molecule has 10 heteroatoms. The number of hydrogen-bond acceptors (Lipinski definition) is 8. The first-order chi connectivity index (χ1) is 15.2. The molecule has 166 valence electrons. The van der Waals surface area contributed by atoms with Crippen LogP contribution in [0.1, 0.15) is 37.6 Å². The number of carbonyl (C=O) groups is 1. The van der Waals surface area contributed by atoms with Crippen molar-refractivity contribution in [3.8, 4) is 11.4 Å². The molecule has 32 heavy (non-hydrogen) atoms. The van der Waals surface area contributed by atoms with Crippen LogP contribution in [0.15, 0.2) is 51.9 Å². The molecule has 0 aliphatic rings. The van der Waals surface area contributed by atoms with Crippen LogP contribution >= 0.6 is 11.3 Å². The molecule has 0 aliphatic heterocycles. The fourth-order valence-electron chi connectivity index (χ4n) is 3.08. The van der Waals surface area contributed by atoms with E-state index in [1.54, 1.807) is 12.1 Å². The molecule has 0 fully saturated rings. The van der Waals surface area contributed by atoms with Gasteiger partial charge >= 0.3 is 0 Å². The number of amides is 1. The lowest BCUT2D eigenvalue weighted by atomic mass is 10.0. The quantitative estimate of drug-likeness (QED) is 0.424. The van der Waals surface area contributed by atoms with E-state index in [9.17, 15) is 13.2 Å². The van der Waals surface area contributed by atoms with Gasteiger partial charge in [-0.15, -0.1) is 0 Å². The molecule has 8 nitrogen and oxygen atoms in total. The summed E-state index contributed by atoms with van der Waals surface area (Å²) in [7, 11) is -3.30. The fourth-order valence-corrected chi connectivity index (χ4v) is 4.73. The molecule has 0 radical (unpaired) electrons. The number of fused-ring (bicyclic) bond motifs is 1. The summed E-state index contributed by atoms with van der Waals surface area (Å²) in [6.07, 6.45) is 1.60. The van der Waals surface area contributed by atoms with Crippen LogP contribution in [-0.4, -0.2) is 35.7 Å². The molecule has 4 aromatic rings. The third kappa shape index (κ3) is 5.03. The van der Waals surface area contributed by atoms with Crippen molar-refractivity contribution in [2.45, 2.75) is 37.5 Å². The average Bonchev–Trinajstić information content (AvgIpc) is 3.37. The van der Waals surface area contributed by atoms with Crippen LogP contribution in [0.2, 0.25) is 0 Å². The third-order valence-corrected chi connectivity index (χ3v) is 6.95. The van der Waals surface area contributed by atoms with Crippen molar-refractivity contribution >= 4 is 42.4 Å². The first kappa shape index (κ1) is 22.1. The number of benzene rings is 2. The maximum absolute atomic E-state index is 12.3. The molecule has 2 heterocycles. The monoisotopic (exact) mass is 470 g/mol. The number of aryl methyl sites for hydroxylation is 1. The van der Waals surface area contributed by atoms with Crippen molar-refractivity contribution in [3.63, 3.8) is 0 Å². The van der Waals surface area contributed by atoms with E-state index in [0.29, 0.717) is 39.4 Å². The van der Waals surface area contributed by atoms with Crippen LogP contribution in [0.4, 0.5) is 5.13 Å². The Labute approximate surface area is 189 Å². The number of sulfone groups is 1. The van der Waals surface area contributed by atoms with Gasteiger partial charge in [-0.05, 0) is 29.7 Å². The molecule has 1 amide bonds. The van der Waals surface area contributed by atoms with Gasteiger partial charge in [-0.1, -0.05) is 54.6 Å². The molecule has 0 aliphatic carbocycles. The molecule has 0 saturated heterocycles. The minimum atomic E-state index is -3.30. The van der Waals surface area contributed by atoms with Crippen LogP contribution < -0.4 is 5.32 Å². The average molecular weight is 471 g/mol. The summed E-state index contributed by atoms with van der Waals surface area (Å²) >= 11 is 1.22. The van der Waals surface area contributed by atoms with Crippen LogP contribution in [0.3, 0.4) is 0 Å². The zero-order valence-corrected chi connectivity index (χ0v) is 19.5. The minimum Gasteiger partial charge on any atom is -0.339 e. The van der Waals surface area contributed by atoms with Crippen LogP contribution in [0, 0.1) is 0 Å². The maximum atomic E-state index is 12.3. The highest BCUT2D eigenvalue weighted by Crippen LogP contribution is 2.28. The van der Waals surface area contributed by atoms with E-state index in [1.165, 1.54) is 23.0 Å². The Balaban J connectivity index is 1.37. The van der Waals surface area contributed by atoms with E-state index in [2.05, 4.69) is 34.3 Å². The zero-order valence-electron chi connectivity index (χ0n) is 17.8. The van der Waals surface area contributed by atoms with Gasteiger partial charge in [0.15, 0.2) is 15.0 Å². The predicted octanol–water partition coefficient (Wildman–Crippen LogP) is 4.44. The van der Waals surface area contributed by atoms with Crippen molar-refractivity contribution in [2.24, 2.45) is 0 Å². The van der Waals surface area contributed by atoms with E-state index >= 15 is 0 Å². The summed E-state index contributed by atoms with van der Waals surface area (Å²) < 4.78 is 29.4. The highest BCUT2D eigenvalue weighted by molar-refractivity contribution is 7.90. The number of aromatic nitrogens is 3. The maximum Gasteiger partial charge on any atom is 0.227 e. The van der Waals surface area contributed by atoms with Crippen molar-refractivity contribution in [1.82, 2.24) is 15.1 Å². The Bertz CT molecular complexity index is 1370. The summed E-state index contributed by atoms with van der Waals surface area (Å²) in [6.45, 7) is 4.27. The second kappa shape index (κ2) is 8.79. The second-order valence-corrected chi connectivity index (χ2v) is 10.8. The molecular formula is C22H22N4O4S2. The lowest BCUT2D eigenvalue weighted by Gasteiger charge is -2.04. The van der Waals surface area contributed by atoms with Gasteiger partial charge < -0.3 is 9.84 Å². The number of anilines is 1. The number of nitrogens with zero attached hydrogens (tertiary/aromatic N) is 3. The summed E-state index contributed by atoms with van der Waals surface area (Å²) in [6, 6.07) is 12.7. The predicted molar refractivity (Wildman–Crippen MR) is 124 cm³/mol. The van der Waals surface area contributed by atoms with Crippen LogP contribution in [-0.2, 0) is 21.1 Å². The van der Waals surface area contributed by atoms with Gasteiger partial charge in [0.2, 0.25) is 17.6 Å². The van der Waals surface area contributed by atoms with Gasteiger partial charge in [0, 0.05) is 24.7 Å². The first-order valence-electron chi connectivity index (χ1n) is 10.0. The van der Waals surface area contributed by atoms with Gasteiger partial charge in [-0.3, -0.25) is 4.79 Å². The molecule has 4 rings (SSSR count). The number of rotatable bonds is 7. The van der Waals surface area contributed by atoms with Crippen LogP contribution in [0.5, 0.6) is 0 Å². The van der Waals surface area contributed by atoms with Crippen molar-refractivity contribution in [1.29, 1.82) is 0 Å². The summed E-state index contributed by atoms with van der Waals surface area (Å²) in [5.74, 6) is 1.07. The Morgan fingerprint density at radius 1 is 1.12 bits per heavy atom. The van der Waals surface area contributed by atoms with E-state index < -0.39 is 9.84 Å².